The number of nitrogens with zero attached hydrogens (tertiary/aromatic N) is 3. The molecule has 0 aliphatic heterocycles. The van der Waals surface area contributed by atoms with Gasteiger partial charge in [0.2, 0.25) is 0 Å². The lowest BCUT2D eigenvalue weighted by atomic mass is 10.2. The van der Waals surface area contributed by atoms with Crippen LogP contribution in [-0.2, 0) is 0 Å². The number of fused-ring (bicyclic) bond motifs is 1. The van der Waals surface area contributed by atoms with Gasteiger partial charge in [-0.2, -0.15) is 0 Å². The molecule has 6 heteroatoms. The maximum Gasteiger partial charge on any atom is 0.164 e. The molecule has 2 aromatic heterocycles. The topological polar surface area (TPSA) is 50.7 Å². The first-order valence-corrected chi connectivity index (χ1v) is 5.89. The van der Waals surface area contributed by atoms with Crippen molar-refractivity contribution in [2.45, 2.75) is 0 Å². The van der Waals surface area contributed by atoms with E-state index < -0.39 is 5.82 Å². The van der Waals surface area contributed by atoms with Crippen molar-refractivity contribution in [2.24, 2.45) is 0 Å². The first-order valence-electron chi connectivity index (χ1n) is 5.52. The Hall–Kier alpha value is -2.27. The third-order valence-electron chi connectivity index (χ3n) is 2.59. The van der Waals surface area contributed by atoms with E-state index in [4.69, 9.17) is 11.6 Å². The van der Waals surface area contributed by atoms with Crippen LogP contribution in [0.2, 0.25) is 5.02 Å². The van der Waals surface area contributed by atoms with E-state index in [9.17, 15) is 4.39 Å². The van der Waals surface area contributed by atoms with Gasteiger partial charge >= 0.3 is 0 Å². The molecule has 3 aromatic rings. The van der Waals surface area contributed by atoms with Crippen molar-refractivity contribution < 1.29 is 4.39 Å². The average Bonchev–Trinajstić information content (AvgIpc) is 2.43. The maximum atomic E-state index is 13.1. The van der Waals surface area contributed by atoms with E-state index in [1.54, 1.807) is 18.3 Å². The highest BCUT2D eigenvalue weighted by Gasteiger charge is 2.06. The van der Waals surface area contributed by atoms with Gasteiger partial charge in [0.15, 0.2) is 5.65 Å². The number of aromatic nitrogens is 3. The number of hydrogen-bond donors (Lipinski definition) is 1. The minimum atomic E-state index is -0.457. The Morgan fingerprint density at radius 2 is 2.00 bits per heavy atom. The molecule has 19 heavy (non-hydrogen) atoms. The molecule has 1 N–H and O–H groups in total. The Labute approximate surface area is 113 Å². The number of pyridine rings is 1. The van der Waals surface area contributed by atoms with Crippen LogP contribution in [0.4, 0.5) is 15.9 Å². The highest BCUT2D eigenvalue weighted by molar-refractivity contribution is 6.31. The van der Waals surface area contributed by atoms with E-state index in [0.717, 1.165) is 5.39 Å². The molecule has 0 amide bonds. The van der Waals surface area contributed by atoms with Crippen LogP contribution in [-0.4, -0.2) is 15.0 Å². The molecule has 1 aromatic carbocycles. The van der Waals surface area contributed by atoms with Crippen molar-refractivity contribution in [3.8, 4) is 0 Å². The summed E-state index contributed by atoms with van der Waals surface area (Å²) in [7, 11) is 0. The molecule has 0 saturated heterocycles. The van der Waals surface area contributed by atoms with Gasteiger partial charge in [-0.3, -0.25) is 0 Å². The van der Waals surface area contributed by atoms with E-state index in [2.05, 4.69) is 20.3 Å². The first kappa shape index (κ1) is 11.8. The zero-order valence-corrected chi connectivity index (χ0v) is 10.4. The van der Waals surface area contributed by atoms with Gasteiger partial charge in [0, 0.05) is 11.9 Å². The largest absolute Gasteiger partial charge is 0.340 e. The second-order valence-corrected chi connectivity index (χ2v) is 4.26. The van der Waals surface area contributed by atoms with Crippen LogP contribution in [0.5, 0.6) is 0 Å². The highest BCUT2D eigenvalue weighted by atomic mass is 35.5. The summed E-state index contributed by atoms with van der Waals surface area (Å²) in [5, 5.41) is 3.91. The normalized spacial score (nSPS) is 10.6. The smallest absolute Gasteiger partial charge is 0.164 e. The minimum Gasteiger partial charge on any atom is -0.340 e. The van der Waals surface area contributed by atoms with Crippen molar-refractivity contribution in [2.75, 3.05) is 5.32 Å². The first-order chi connectivity index (χ1) is 9.24. The van der Waals surface area contributed by atoms with E-state index in [1.165, 1.54) is 18.5 Å². The van der Waals surface area contributed by atoms with Crippen molar-refractivity contribution in [1.82, 2.24) is 15.0 Å². The number of anilines is 2. The monoisotopic (exact) mass is 274 g/mol. The van der Waals surface area contributed by atoms with Gasteiger partial charge in [0.25, 0.3) is 0 Å². The molecule has 3 rings (SSSR count). The summed E-state index contributed by atoms with van der Waals surface area (Å²) in [5.41, 5.74) is 1.24. The predicted octanol–water partition coefficient (Wildman–Crippen LogP) is 3.56. The van der Waals surface area contributed by atoms with Crippen LogP contribution in [0.15, 0.2) is 42.9 Å². The molecule has 94 valence electrons. The molecule has 0 atom stereocenters. The molecule has 0 bridgehead atoms. The SMILES string of the molecule is Fc1ccc(Nc2ncnc3ncccc23)cc1Cl. The summed E-state index contributed by atoms with van der Waals surface area (Å²) < 4.78 is 13.1. The Morgan fingerprint density at radius 3 is 2.84 bits per heavy atom. The number of rotatable bonds is 2. The van der Waals surface area contributed by atoms with Gasteiger partial charge < -0.3 is 5.32 Å². The zero-order chi connectivity index (χ0) is 13.2. The summed E-state index contributed by atoms with van der Waals surface area (Å²) in [5.74, 6) is 0.141. The standard InChI is InChI=1S/C13H8ClFN4/c14-10-6-8(3-4-11(10)15)19-13-9-2-1-5-16-12(9)17-7-18-13/h1-7H,(H,16,17,18,19). The van der Waals surface area contributed by atoms with Crippen LogP contribution in [0.3, 0.4) is 0 Å². The van der Waals surface area contributed by atoms with Gasteiger partial charge in [-0.1, -0.05) is 11.6 Å². The predicted molar refractivity (Wildman–Crippen MR) is 72.0 cm³/mol. The third-order valence-corrected chi connectivity index (χ3v) is 2.88. The van der Waals surface area contributed by atoms with Gasteiger partial charge in [-0.15, -0.1) is 0 Å². The van der Waals surface area contributed by atoms with Crippen LogP contribution >= 0.6 is 11.6 Å². The second-order valence-electron chi connectivity index (χ2n) is 3.85. The van der Waals surface area contributed by atoms with E-state index in [0.29, 0.717) is 17.2 Å². The fourth-order valence-electron chi connectivity index (χ4n) is 1.71. The number of hydrogen-bond acceptors (Lipinski definition) is 4. The van der Waals surface area contributed by atoms with Crippen molar-refractivity contribution >= 4 is 34.1 Å². The second kappa shape index (κ2) is 4.78. The lowest BCUT2D eigenvalue weighted by Crippen LogP contribution is -1.97. The molecule has 2 heterocycles. The number of benzene rings is 1. The molecule has 0 unspecified atom stereocenters. The zero-order valence-electron chi connectivity index (χ0n) is 9.64. The number of nitrogens with one attached hydrogen (secondary N) is 1. The molecular weight excluding hydrogens is 267 g/mol. The Morgan fingerprint density at radius 1 is 1.11 bits per heavy atom. The lowest BCUT2D eigenvalue weighted by molar-refractivity contribution is 0.628. The Kier molecular flexibility index (Phi) is 2.97. The molecule has 0 radical (unpaired) electrons. The van der Waals surface area contributed by atoms with Gasteiger partial charge in [0.05, 0.1) is 10.4 Å². The molecule has 4 nitrogen and oxygen atoms in total. The quantitative estimate of drug-likeness (QED) is 0.776. The number of halogens is 2. The van der Waals surface area contributed by atoms with Crippen LogP contribution < -0.4 is 5.32 Å². The summed E-state index contributed by atoms with van der Waals surface area (Å²) >= 11 is 5.74. The Balaban J connectivity index is 2.03. The van der Waals surface area contributed by atoms with E-state index in [1.807, 2.05) is 6.07 Å². The van der Waals surface area contributed by atoms with Crippen molar-refractivity contribution in [1.29, 1.82) is 0 Å². The molecule has 0 spiro atoms. The summed E-state index contributed by atoms with van der Waals surface area (Å²) in [6.07, 6.45) is 3.08. The van der Waals surface area contributed by atoms with Gasteiger partial charge in [-0.05, 0) is 30.3 Å². The third kappa shape index (κ3) is 2.32. The molecule has 0 aliphatic carbocycles. The summed E-state index contributed by atoms with van der Waals surface area (Å²) in [4.78, 5) is 12.4. The molecule has 0 saturated carbocycles. The van der Waals surface area contributed by atoms with Crippen LogP contribution in [0, 0.1) is 5.82 Å². The lowest BCUT2D eigenvalue weighted by Gasteiger charge is -2.08. The molecule has 0 aliphatic rings. The fourth-order valence-corrected chi connectivity index (χ4v) is 1.89. The molecule has 0 fully saturated rings. The highest BCUT2D eigenvalue weighted by Crippen LogP contribution is 2.24. The van der Waals surface area contributed by atoms with Crippen LogP contribution in [0.1, 0.15) is 0 Å². The van der Waals surface area contributed by atoms with Crippen LogP contribution in [0.25, 0.3) is 11.0 Å². The molecular formula is C13H8ClFN4. The average molecular weight is 275 g/mol. The van der Waals surface area contributed by atoms with Crippen molar-refractivity contribution in [3.05, 3.63) is 53.7 Å². The maximum absolute atomic E-state index is 13.1. The summed E-state index contributed by atoms with van der Waals surface area (Å²) in [6, 6.07) is 8.04. The minimum absolute atomic E-state index is 0.0569. The van der Waals surface area contributed by atoms with E-state index >= 15 is 0 Å². The van der Waals surface area contributed by atoms with E-state index in [-0.39, 0.29) is 5.02 Å². The Bertz CT molecular complexity index is 742. The van der Waals surface area contributed by atoms with Gasteiger partial charge in [0.1, 0.15) is 18.0 Å². The van der Waals surface area contributed by atoms with Gasteiger partial charge in [-0.25, -0.2) is 19.3 Å². The summed E-state index contributed by atoms with van der Waals surface area (Å²) in [6.45, 7) is 0. The van der Waals surface area contributed by atoms with Crippen molar-refractivity contribution in [3.63, 3.8) is 0 Å². The fraction of sp³-hybridized carbons (Fsp3) is 0.